The number of hydrogen-bond donors (Lipinski definition) is 0. The van der Waals surface area contributed by atoms with Gasteiger partial charge in [-0.3, -0.25) is 4.79 Å². The molecule has 0 spiro atoms. The van der Waals surface area contributed by atoms with Crippen LogP contribution in [0, 0.1) is 6.92 Å². The van der Waals surface area contributed by atoms with Crippen molar-refractivity contribution in [3.05, 3.63) is 36.0 Å². The van der Waals surface area contributed by atoms with E-state index in [9.17, 15) is 4.79 Å². The molecule has 23 heavy (non-hydrogen) atoms. The van der Waals surface area contributed by atoms with Crippen molar-refractivity contribution in [1.82, 2.24) is 15.0 Å². The maximum atomic E-state index is 12.9. The Morgan fingerprint density at radius 2 is 2.26 bits per heavy atom. The Kier molecular flexibility index (Phi) is 3.72. The highest BCUT2D eigenvalue weighted by atomic mass is 32.2. The second-order valence-electron chi connectivity index (χ2n) is 5.73. The number of hydrogen-bond acceptors (Lipinski definition) is 6. The van der Waals surface area contributed by atoms with E-state index in [1.807, 2.05) is 29.2 Å². The standard InChI is InChI=1S/C16H17N3O3S/c1-10-17-15(18-22-10)11-5-4-8-19(11)16(20)13-9-23-14-7-3-2-6-12(14)21-13/h2-3,6-7,11,13H,4-5,8-9H2,1H3/t11-,13-/m1/s1. The van der Waals surface area contributed by atoms with Crippen LogP contribution in [-0.4, -0.2) is 39.3 Å². The first kappa shape index (κ1) is 14.6. The minimum absolute atomic E-state index is 0.0111. The van der Waals surface area contributed by atoms with Gasteiger partial charge < -0.3 is 14.2 Å². The number of nitrogens with zero attached hydrogens (tertiary/aromatic N) is 3. The van der Waals surface area contributed by atoms with Crippen molar-refractivity contribution in [3.63, 3.8) is 0 Å². The topological polar surface area (TPSA) is 68.5 Å². The maximum absolute atomic E-state index is 12.9. The highest BCUT2D eigenvalue weighted by Gasteiger charge is 2.38. The molecule has 7 heteroatoms. The maximum Gasteiger partial charge on any atom is 0.265 e. The number of fused-ring (bicyclic) bond motifs is 1. The summed E-state index contributed by atoms with van der Waals surface area (Å²) >= 11 is 1.66. The first-order valence-corrected chi connectivity index (χ1v) is 8.70. The fourth-order valence-electron chi connectivity index (χ4n) is 3.08. The Bertz CT molecular complexity index is 733. The number of rotatable bonds is 2. The van der Waals surface area contributed by atoms with Crippen LogP contribution in [0.4, 0.5) is 0 Å². The first-order valence-electron chi connectivity index (χ1n) is 7.71. The third-order valence-corrected chi connectivity index (χ3v) is 5.28. The predicted molar refractivity (Wildman–Crippen MR) is 84.3 cm³/mol. The van der Waals surface area contributed by atoms with E-state index in [1.165, 1.54) is 0 Å². The lowest BCUT2D eigenvalue weighted by Gasteiger charge is -2.30. The normalized spacial score (nSPS) is 23.4. The summed E-state index contributed by atoms with van der Waals surface area (Å²) in [5.74, 6) is 2.55. The molecule has 0 unspecified atom stereocenters. The molecule has 6 nitrogen and oxygen atoms in total. The average molecular weight is 331 g/mol. The van der Waals surface area contributed by atoms with E-state index in [0.717, 1.165) is 23.5 Å². The van der Waals surface area contributed by atoms with E-state index in [1.54, 1.807) is 18.7 Å². The number of para-hydroxylation sites is 1. The van der Waals surface area contributed by atoms with Crippen LogP contribution in [0.3, 0.4) is 0 Å². The second-order valence-corrected chi connectivity index (χ2v) is 6.79. The molecule has 2 aliphatic heterocycles. The monoisotopic (exact) mass is 331 g/mol. The molecule has 0 aliphatic carbocycles. The van der Waals surface area contributed by atoms with Gasteiger partial charge in [-0.15, -0.1) is 11.8 Å². The number of amides is 1. The lowest BCUT2D eigenvalue weighted by Crippen LogP contribution is -2.44. The summed E-state index contributed by atoms with van der Waals surface area (Å²) in [4.78, 5) is 20.1. The van der Waals surface area contributed by atoms with Crippen molar-refractivity contribution in [3.8, 4) is 5.75 Å². The number of benzene rings is 1. The SMILES string of the molecule is Cc1nc([C@H]2CCCN2C(=O)[C@H]2CSc3ccccc3O2)no1. The van der Waals surface area contributed by atoms with E-state index < -0.39 is 6.10 Å². The van der Waals surface area contributed by atoms with Gasteiger partial charge in [0.1, 0.15) is 5.75 Å². The van der Waals surface area contributed by atoms with E-state index >= 15 is 0 Å². The van der Waals surface area contributed by atoms with Gasteiger partial charge in [-0.25, -0.2) is 0 Å². The second kappa shape index (κ2) is 5.88. The quantitative estimate of drug-likeness (QED) is 0.842. The number of aromatic nitrogens is 2. The zero-order valence-electron chi connectivity index (χ0n) is 12.8. The summed E-state index contributed by atoms with van der Waals surface area (Å²) in [5.41, 5.74) is 0. The number of carbonyl (C=O) groups excluding carboxylic acids is 1. The number of aryl methyl sites for hydroxylation is 1. The van der Waals surface area contributed by atoms with Gasteiger partial charge in [0.15, 0.2) is 11.9 Å². The molecule has 0 bridgehead atoms. The van der Waals surface area contributed by atoms with Crippen LogP contribution in [0.2, 0.25) is 0 Å². The molecular weight excluding hydrogens is 314 g/mol. The largest absolute Gasteiger partial charge is 0.479 e. The van der Waals surface area contributed by atoms with Crippen molar-refractivity contribution < 1.29 is 14.1 Å². The van der Waals surface area contributed by atoms with Gasteiger partial charge in [-0.1, -0.05) is 17.3 Å². The number of likely N-dealkylation sites (tertiary alicyclic amines) is 1. The van der Waals surface area contributed by atoms with Gasteiger partial charge in [0.05, 0.1) is 6.04 Å². The van der Waals surface area contributed by atoms with Crippen LogP contribution >= 0.6 is 11.8 Å². The molecule has 1 aromatic carbocycles. The van der Waals surface area contributed by atoms with E-state index in [-0.39, 0.29) is 11.9 Å². The molecule has 4 rings (SSSR count). The van der Waals surface area contributed by atoms with Crippen molar-refractivity contribution in [2.75, 3.05) is 12.3 Å². The minimum Gasteiger partial charge on any atom is -0.479 e. The average Bonchev–Trinajstić information content (AvgIpc) is 3.22. The molecule has 0 radical (unpaired) electrons. The van der Waals surface area contributed by atoms with Gasteiger partial charge in [-0.05, 0) is 25.0 Å². The Morgan fingerprint density at radius 1 is 1.39 bits per heavy atom. The lowest BCUT2D eigenvalue weighted by atomic mass is 10.2. The third kappa shape index (κ3) is 2.69. The first-order chi connectivity index (χ1) is 11.2. The molecule has 0 N–H and O–H groups in total. The van der Waals surface area contributed by atoms with Gasteiger partial charge in [0, 0.05) is 24.1 Å². The lowest BCUT2D eigenvalue weighted by molar-refractivity contribution is -0.139. The van der Waals surface area contributed by atoms with Crippen LogP contribution < -0.4 is 4.74 Å². The smallest absolute Gasteiger partial charge is 0.265 e. The van der Waals surface area contributed by atoms with E-state index in [0.29, 0.717) is 24.0 Å². The van der Waals surface area contributed by atoms with Crippen LogP contribution in [0.15, 0.2) is 33.7 Å². The van der Waals surface area contributed by atoms with Crippen molar-refractivity contribution in [2.24, 2.45) is 0 Å². The fourth-order valence-corrected chi connectivity index (χ4v) is 4.05. The molecular formula is C16H17N3O3S. The van der Waals surface area contributed by atoms with Crippen molar-refractivity contribution >= 4 is 17.7 Å². The van der Waals surface area contributed by atoms with Gasteiger partial charge in [-0.2, -0.15) is 4.98 Å². The molecule has 1 aromatic heterocycles. The predicted octanol–water partition coefficient (Wildman–Crippen LogP) is 2.59. The Balaban J connectivity index is 1.52. The summed E-state index contributed by atoms with van der Waals surface area (Å²) in [5, 5.41) is 3.99. The molecule has 3 heterocycles. The van der Waals surface area contributed by atoms with Gasteiger partial charge in [0.2, 0.25) is 5.89 Å². The summed E-state index contributed by atoms with van der Waals surface area (Å²) < 4.78 is 11.0. The fraction of sp³-hybridized carbons (Fsp3) is 0.438. The Labute approximate surface area is 138 Å². The summed E-state index contributed by atoms with van der Waals surface area (Å²) in [7, 11) is 0. The number of carbonyl (C=O) groups is 1. The summed E-state index contributed by atoms with van der Waals surface area (Å²) in [6.07, 6.45) is 1.35. The summed E-state index contributed by atoms with van der Waals surface area (Å²) in [6, 6.07) is 7.72. The van der Waals surface area contributed by atoms with Gasteiger partial charge >= 0.3 is 0 Å². The highest BCUT2D eigenvalue weighted by Crippen LogP contribution is 2.37. The Hall–Kier alpha value is -2.02. The minimum atomic E-state index is -0.455. The summed E-state index contributed by atoms with van der Waals surface area (Å²) in [6.45, 7) is 2.47. The van der Waals surface area contributed by atoms with Crippen LogP contribution in [0.25, 0.3) is 0 Å². The molecule has 1 saturated heterocycles. The highest BCUT2D eigenvalue weighted by molar-refractivity contribution is 7.99. The van der Waals surface area contributed by atoms with E-state index in [4.69, 9.17) is 9.26 Å². The van der Waals surface area contributed by atoms with Crippen molar-refractivity contribution in [2.45, 2.75) is 36.8 Å². The Morgan fingerprint density at radius 3 is 3.09 bits per heavy atom. The molecule has 2 aliphatic rings. The van der Waals surface area contributed by atoms with Crippen molar-refractivity contribution in [1.29, 1.82) is 0 Å². The zero-order chi connectivity index (χ0) is 15.8. The van der Waals surface area contributed by atoms with Crippen LogP contribution in [-0.2, 0) is 4.79 Å². The molecule has 2 atom stereocenters. The van der Waals surface area contributed by atoms with Crippen LogP contribution in [0.1, 0.15) is 30.6 Å². The molecule has 1 fully saturated rings. The molecule has 1 amide bonds. The van der Waals surface area contributed by atoms with E-state index in [2.05, 4.69) is 10.1 Å². The molecule has 120 valence electrons. The van der Waals surface area contributed by atoms with Crippen LogP contribution in [0.5, 0.6) is 5.75 Å². The van der Waals surface area contributed by atoms with Gasteiger partial charge in [0.25, 0.3) is 5.91 Å². The molecule has 0 saturated carbocycles. The number of thioether (sulfide) groups is 1. The third-order valence-electron chi connectivity index (χ3n) is 4.16. The molecule has 2 aromatic rings. The zero-order valence-corrected chi connectivity index (χ0v) is 13.6. The number of ether oxygens (including phenoxy) is 1.